The fourth-order valence-electron chi connectivity index (χ4n) is 1.80. The molecular formula is C10H7OP. The van der Waals surface area contributed by atoms with Gasteiger partial charge in [-0.2, -0.15) is 0 Å². The second-order valence-corrected chi connectivity index (χ2v) is 4.77. The van der Waals surface area contributed by atoms with Gasteiger partial charge in [0.25, 0.3) is 0 Å². The molecule has 2 heteroatoms. The molecule has 0 amide bonds. The molecule has 0 atom stereocenters. The lowest BCUT2D eigenvalue weighted by Crippen LogP contribution is -2.22. The standard InChI is InChI=1S/C10H7OP/c11-12-8-5-1-3-7-4-2-6-9(12)10(7)8/h1-6,12H. The van der Waals surface area contributed by atoms with Crippen LogP contribution in [0.1, 0.15) is 0 Å². The molecule has 0 radical (unpaired) electrons. The van der Waals surface area contributed by atoms with E-state index >= 15 is 0 Å². The van der Waals surface area contributed by atoms with E-state index in [9.17, 15) is 4.57 Å². The van der Waals surface area contributed by atoms with Crippen molar-refractivity contribution in [2.45, 2.75) is 0 Å². The topological polar surface area (TPSA) is 17.1 Å². The highest BCUT2D eigenvalue weighted by Crippen LogP contribution is 2.35. The van der Waals surface area contributed by atoms with E-state index in [4.69, 9.17) is 0 Å². The van der Waals surface area contributed by atoms with Gasteiger partial charge in [0, 0.05) is 16.0 Å². The number of rotatable bonds is 0. The molecule has 0 aromatic heterocycles. The minimum absolute atomic E-state index is 1.06. The normalized spacial score (nSPS) is 14.7. The maximum Gasteiger partial charge on any atom is 0.133 e. The van der Waals surface area contributed by atoms with Crippen molar-refractivity contribution in [2.75, 3.05) is 0 Å². The fourth-order valence-corrected chi connectivity index (χ4v) is 3.41. The summed E-state index contributed by atoms with van der Waals surface area (Å²) in [5.41, 5.74) is 0. The average Bonchev–Trinajstić information content (AvgIpc) is 2.16. The monoisotopic (exact) mass is 174 g/mol. The van der Waals surface area contributed by atoms with Crippen LogP contribution in [0.3, 0.4) is 0 Å². The average molecular weight is 174 g/mol. The Balaban J connectivity index is 2.62. The van der Waals surface area contributed by atoms with Gasteiger partial charge < -0.3 is 4.57 Å². The van der Waals surface area contributed by atoms with Crippen molar-refractivity contribution in [2.24, 2.45) is 0 Å². The van der Waals surface area contributed by atoms with Crippen molar-refractivity contribution in [3.05, 3.63) is 36.4 Å². The Kier molecular flexibility index (Phi) is 1.07. The van der Waals surface area contributed by atoms with Gasteiger partial charge in [0.1, 0.15) is 7.80 Å². The van der Waals surface area contributed by atoms with Gasteiger partial charge in [-0.3, -0.25) is 0 Å². The first-order valence-electron chi connectivity index (χ1n) is 3.94. The van der Waals surface area contributed by atoms with E-state index in [0.717, 1.165) is 10.6 Å². The quantitative estimate of drug-likeness (QED) is 0.474. The highest BCUT2D eigenvalue weighted by molar-refractivity contribution is 7.66. The number of hydrogen-bond donors (Lipinski definition) is 0. The van der Waals surface area contributed by atoms with Gasteiger partial charge in [0.15, 0.2) is 0 Å². The largest absolute Gasteiger partial charge is 0.317 e. The van der Waals surface area contributed by atoms with Crippen LogP contribution in [0.25, 0.3) is 10.8 Å². The molecule has 2 aromatic rings. The van der Waals surface area contributed by atoms with Crippen LogP contribution in [0.2, 0.25) is 0 Å². The van der Waals surface area contributed by atoms with Crippen LogP contribution in [0.4, 0.5) is 0 Å². The Morgan fingerprint density at radius 1 is 0.917 bits per heavy atom. The smallest absolute Gasteiger partial charge is 0.133 e. The second-order valence-electron chi connectivity index (χ2n) is 3.04. The third-order valence-electron chi connectivity index (χ3n) is 2.39. The minimum Gasteiger partial charge on any atom is -0.317 e. The lowest BCUT2D eigenvalue weighted by Gasteiger charge is -2.18. The third kappa shape index (κ3) is 0.587. The van der Waals surface area contributed by atoms with E-state index < -0.39 is 7.80 Å². The minimum atomic E-state index is -1.55. The Hall–Kier alpha value is -1.07. The second kappa shape index (κ2) is 1.99. The maximum absolute atomic E-state index is 11.6. The fraction of sp³-hybridized carbons (Fsp3) is 0. The van der Waals surface area contributed by atoms with Crippen molar-refractivity contribution in [1.82, 2.24) is 0 Å². The molecule has 0 saturated heterocycles. The predicted molar refractivity (Wildman–Crippen MR) is 52.2 cm³/mol. The highest BCUT2D eigenvalue weighted by Gasteiger charge is 2.23. The first-order valence-corrected chi connectivity index (χ1v) is 5.35. The van der Waals surface area contributed by atoms with E-state index in [1.54, 1.807) is 0 Å². The van der Waals surface area contributed by atoms with Gasteiger partial charge in [-0.25, -0.2) is 0 Å². The lowest BCUT2D eigenvalue weighted by atomic mass is 10.1. The Bertz CT molecular complexity index is 461. The van der Waals surface area contributed by atoms with Gasteiger partial charge >= 0.3 is 0 Å². The summed E-state index contributed by atoms with van der Waals surface area (Å²) in [4.78, 5) is 0. The van der Waals surface area contributed by atoms with Crippen LogP contribution in [0.5, 0.6) is 0 Å². The molecule has 1 aliphatic rings. The van der Waals surface area contributed by atoms with Crippen molar-refractivity contribution < 1.29 is 4.57 Å². The molecular weight excluding hydrogens is 167 g/mol. The van der Waals surface area contributed by atoms with Gasteiger partial charge in [0.2, 0.25) is 0 Å². The van der Waals surface area contributed by atoms with Gasteiger partial charge in [0.05, 0.1) is 0 Å². The molecule has 1 aliphatic heterocycles. The molecule has 0 spiro atoms. The van der Waals surface area contributed by atoms with Crippen molar-refractivity contribution in [1.29, 1.82) is 0 Å². The lowest BCUT2D eigenvalue weighted by molar-refractivity contribution is 0.597. The van der Waals surface area contributed by atoms with Crippen LogP contribution in [-0.2, 0) is 4.57 Å². The summed E-state index contributed by atoms with van der Waals surface area (Å²) in [7, 11) is -1.55. The summed E-state index contributed by atoms with van der Waals surface area (Å²) in [5.74, 6) is 0. The zero-order valence-electron chi connectivity index (χ0n) is 6.37. The summed E-state index contributed by atoms with van der Waals surface area (Å²) in [6.07, 6.45) is 0. The van der Waals surface area contributed by atoms with Crippen molar-refractivity contribution in [3.63, 3.8) is 0 Å². The summed E-state index contributed by atoms with van der Waals surface area (Å²) >= 11 is 0. The molecule has 0 aliphatic carbocycles. The van der Waals surface area contributed by atoms with Crippen LogP contribution in [0, 0.1) is 0 Å². The van der Waals surface area contributed by atoms with Crippen molar-refractivity contribution in [3.8, 4) is 0 Å². The van der Waals surface area contributed by atoms with E-state index in [0.29, 0.717) is 0 Å². The predicted octanol–water partition coefficient (Wildman–Crippen LogP) is 1.66. The zero-order valence-corrected chi connectivity index (χ0v) is 7.37. The molecule has 0 N–H and O–H groups in total. The van der Waals surface area contributed by atoms with Crippen LogP contribution >= 0.6 is 7.80 Å². The van der Waals surface area contributed by atoms with Crippen LogP contribution in [0.15, 0.2) is 36.4 Å². The molecule has 12 heavy (non-hydrogen) atoms. The summed E-state index contributed by atoms with van der Waals surface area (Å²) in [6, 6.07) is 12.0. The Labute approximate surface area is 70.8 Å². The number of hydrogen-bond acceptors (Lipinski definition) is 1. The highest BCUT2D eigenvalue weighted by atomic mass is 31.1. The molecule has 2 aromatic carbocycles. The van der Waals surface area contributed by atoms with E-state index in [1.807, 2.05) is 24.3 Å². The molecule has 0 bridgehead atoms. The zero-order chi connectivity index (χ0) is 8.13. The van der Waals surface area contributed by atoms with Crippen LogP contribution in [-0.4, -0.2) is 0 Å². The molecule has 0 fully saturated rings. The Morgan fingerprint density at radius 3 is 2.08 bits per heavy atom. The van der Waals surface area contributed by atoms with Gasteiger partial charge in [-0.15, -0.1) is 0 Å². The maximum atomic E-state index is 11.6. The molecule has 1 nitrogen and oxygen atoms in total. The molecule has 0 unspecified atom stereocenters. The molecule has 0 saturated carbocycles. The Morgan fingerprint density at radius 2 is 1.50 bits per heavy atom. The third-order valence-corrected chi connectivity index (χ3v) is 4.21. The SMILES string of the molecule is O=[PH]1c2cccc3cccc1c23. The molecule has 3 rings (SSSR count). The van der Waals surface area contributed by atoms with Gasteiger partial charge in [-0.05, 0) is 5.39 Å². The molecule has 1 heterocycles. The van der Waals surface area contributed by atoms with E-state index in [1.165, 1.54) is 10.8 Å². The van der Waals surface area contributed by atoms with Gasteiger partial charge in [-0.1, -0.05) is 36.4 Å². The first kappa shape index (κ1) is 6.45. The van der Waals surface area contributed by atoms with Crippen molar-refractivity contribution >= 4 is 29.2 Å². The van der Waals surface area contributed by atoms with E-state index in [2.05, 4.69) is 12.1 Å². The summed E-state index contributed by atoms with van der Waals surface area (Å²) in [5, 5.41) is 4.57. The van der Waals surface area contributed by atoms with E-state index in [-0.39, 0.29) is 0 Å². The van der Waals surface area contributed by atoms with Crippen LogP contribution < -0.4 is 10.6 Å². The first-order chi connectivity index (χ1) is 5.88. The number of benzene rings is 2. The summed E-state index contributed by atoms with van der Waals surface area (Å²) < 4.78 is 11.6. The molecule has 58 valence electrons. The summed E-state index contributed by atoms with van der Waals surface area (Å²) in [6.45, 7) is 0.